The maximum absolute atomic E-state index is 12.5. The fourth-order valence-electron chi connectivity index (χ4n) is 2.41. The molecule has 1 aromatic rings. The molecule has 2 amide bonds. The Hall–Kier alpha value is -1.30. The van der Waals surface area contributed by atoms with Gasteiger partial charge in [-0.25, -0.2) is 0 Å². The molecule has 0 aliphatic carbocycles. The third-order valence-electron chi connectivity index (χ3n) is 3.54. The Morgan fingerprint density at radius 3 is 2.76 bits per heavy atom. The maximum Gasteiger partial charge on any atom is 0.249 e. The highest BCUT2D eigenvalue weighted by atomic mass is 35.5. The van der Waals surface area contributed by atoms with Gasteiger partial charge in [0.1, 0.15) is 6.04 Å². The molecule has 1 saturated heterocycles. The molecule has 2 rings (SSSR count). The lowest BCUT2D eigenvalue weighted by atomic mass is 10.2. The molecule has 1 fully saturated rings. The smallest absolute Gasteiger partial charge is 0.249 e. The Bertz CT molecular complexity index is 525. The van der Waals surface area contributed by atoms with Gasteiger partial charge in [-0.1, -0.05) is 23.7 Å². The quantitative estimate of drug-likeness (QED) is 0.912. The third-order valence-corrected chi connectivity index (χ3v) is 3.86. The molecular weight excluding hydrogens is 313 g/mol. The van der Waals surface area contributed by atoms with Crippen molar-refractivity contribution in [3.05, 3.63) is 29.3 Å². The van der Waals surface area contributed by atoms with Crippen molar-refractivity contribution in [1.82, 2.24) is 4.90 Å². The van der Waals surface area contributed by atoms with E-state index in [4.69, 9.17) is 17.3 Å². The van der Waals surface area contributed by atoms with Crippen LogP contribution in [-0.4, -0.2) is 42.9 Å². The summed E-state index contributed by atoms with van der Waals surface area (Å²) >= 11 is 6.12. The second kappa shape index (κ2) is 7.64. The van der Waals surface area contributed by atoms with Crippen LogP contribution < -0.4 is 10.6 Å². The Labute approximate surface area is 135 Å². The highest BCUT2D eigenvalue weighted by Crippen LogP contribution is 2.30. The fourth-order valence-corrected chi connectivity index (χ4v) is 2.65. The van der Waals surface area contributed by atoms with Gasteiger partial charge in [-0.15, -0.1) is 12.4 Å². The predicted molar refractivity (Wildman–Crippen MR) is 85.9 cm³/mol. The summed E-state index contributed by atoms with van der Waals surface area (Å²) in [4.78, 5) is 27.4. The average molecular weight is 332 g/mol. The van der Waals surface area contributed by atoms with Crippen LogP contribution in [0, 0.1) is 0 Å². The molecule has 0 bridgehead atoms. The van der Waals surface area contributed by atoms with E-state index in [1.54, 1.807) is 18.0 Å². The zero-order valence-electron chi connectivity index (χ0n) is 11.8. The number of likely N-dealkylation sites (N-methyl/N-ethyl adjacent to an activating group) is 1. The molecule has 0 radical (unpaired) electrons. The fraction of sp³-hybridized carbons (Fsp3) is 0.429. The van der Waals surface area contributed by atoms with Crippen LogP contribution in [0.5, 0.6) is 0 Å². The van der Waals surface area contributed by atoms with Gasteiger partial charge in [0.2, 0.25) is 11.8 Å². The minimum absolute atomic E-state index is 0. The van der Waals surface area contributed by atoms with E-state index in [9.17, 15) is 9.59 Å². The van der Waals surface area contributed by atoms with Crippen molar-refractivity contribution in [2.45, 2.75) is 18.9 Å². The van der Waals surface area contributed by atoms with Crippen LogP contribution in [-0.2, 0) is 9.59 Å². The number of carbonyl (C=O) groups is 2. The van der Waals surface area contributed by atoms with Crippen LogP contribution in [0.3, 0.4) is 0 Å². The van der Waals surface area contributed by atoms with Crippen LogP contribution in [0.15, 0.2) is 24.3 Å². The first-order chi connectivity index (χ1) is 9.56. The van der Waals surface area contributed by atoms with Gasteiger partial charge in [-0.2, -0.15) is 0 Å². The van der Waals surface area contributed by atoms with Crippen molar-refractivity contribution >= 4 is 41.5 Å². The molecule has 7 heteroatoms. The van der Waals surface area contributed by atoms with Crippen molar-refractivity contribution in [2.75, 3.05) is 25.0 Å². The number of carbonyl (C=O) groups excluding carboxylic acids is 2. The molecule has 1 atom stereocenters. The van der Waals surface area contributed by atoms with Crippen molar-refractivity contribution in [3.63, 3.8) is 0 Å². The Morgan fingerprint density at radius 1 is 1.48 bits per heavy atom. The zero-order valence-corrected chi connectivity index (χ0v) is 13.4. The number of nitrogens with zero attached hydrogens (tertiary/aromatic N) is 2. The molecule has 116 valence electrons. The van der Waals surface area contributed by atoms with E-state index in [0.717, 1.165) is 0 Å². The van der Waals surface area contributed by atoms with Crippen molar-refractivity contribution in [3.8, 4) is 0 Å². The van der Waals surface area contributed by atoms with Gasteiger partial charge in [-0.05, 0) is 18.6 Å². The lowest BCUT2D eigenvalue weighted by Gasteiger charge is -2.24. The van der Waals surface area contributed by atoms with Crippen molar-refractivity contribution < 1.29 is 9.59 Å². The first-order valence-corrected chi connectivity index (χ1v) is 6.95. The summed E-state index contributed by atoms with van der Waals surface area (Å²) < 4.78 is 0. The second-order valence-electron chi connectivity index (χ2n) is 4.79. The van der Waals surface area contributed by atoms with Gasteiger partial charge in [0.15, 0.2) is 0 Å². The number of hydrogen-bond donors (Lipinski definition) is 1. The molecule has 0 aromatic heterocycles. The van der Waals surface area contributed by atoms with E-state index in [2.05, 4.69) is 0 Å². The predicted octanol–water partition coefficient (Wildman–Crippen LogP) is 1.67. The minimum Gasteiger partial charge on any atom is -0.334 e. The Morgan fingerprint density at radius 2 is 2.14 bits per heavy atom. The van der Waals surface area contributed by atoms with Crippen LogP contribution in [0.25, 0.3) is 0 Å². The summed E-state index contributed by atoms with van der Waals surface area (Å²) in [5.74, 6) is -0.196. The number of halogens is 2. The molecule has 2 N–H and O–H groups in total. The number of amides is 2. The van der Waals surface area contributed by atoms with E-state index in [1.165, 1.54) is 4.90 Å². The summed E-state index contributed by atoms with van der Waals surface area (Å²) in [6.45, 7) is 0.853. The van der Waals surface area contributed by atoms with Gasteiger partial charge in [0, 0.05) is 26.6 Å². The largest absolute Gasteiger partial charge is 0.334 e. The number of hydrogen-bond acceptors (Lipinski definition) is 3. The van der Waals surface area contributed by atoms with E-state index in [0.29, 0.717) is 23.7 Å². The molecule has 1 aromatic carbocycles. The number of rotatable bonds is 4. The van der Waals surface area contributed by atoms with Crippen LogP contribution in [0.1, 0.15) is 12.8 Å². The Balaban J connectivity index is 0.00000220. The molecule has 1 heterocycles. The monoisotopic (exact) mass is 331 g/mol. The first-order valence-electron chi connectivity index (χ1n) is 6.58. The number of benzene rings is 1. The summed E-state index contributed by atoms with van der Waals surface area (Å²) in [5, 5.41) is 0.539. The summed E-state index contributed by atoms with van der Waals surface area (Å²) in [6.07, 6.45) is 0.864. The number of anilines is 1. The SMILES string of the molecule is CN(C(=O)CCN)C1CCN(c2ccccc2Cl)C1=O.Cl. The summed E-state index contributed by atoms with van der Waals surface area (Å²) in [5.41, 5.74) is 6.07. The highest BCUT2D eigenvalue weighted by Gasteiger charge is 2.37. The van der Waals surface area contributed by atoms with Crippen molar-refractivity contribution in [2.24, 2.45) is 5.73 Å². The highest BCUT2D eigenvalue weighted by molar-refractivity contribution is 6.34. The minimum atomic E-state index is -0.426. The van der Waals surface area contributed by atoms with Gasteiger partial charge < -0.3 is 15.5 Å². The Kier molecular flexibility index (Phi) is 6.45. The number of para-hydroxylation sites is 1. The van der Waals surface area contributed by atoms with Gasteiger partial charge in [0.05, 0.1) is 10.7 Å². The molecule has 0 spiro atoms. The molecule has 1 aliphatic heterocycles. The van der Waals surface area contributed by atoms with E-state index in [-0.39, 0.29) is 37.2 Å². The van der Waals surface area contributed by atoms with Crippen LogP contribution in [0.4, 0.5) is 5.69 Å². The van der Waals surface area contributed by atoms with Crippen LogP contribution in [0.2, 0.25) is 5.02 Å². The summed E-state index contributed by atoms with van der Waals surface area (Å²) in [6, 6.07) is 6.79. The lowest BCUT2D eigenvalue weighted by molar-refractivity contribution is -0.136. The summed E-state index contributed by atoms with van der Waals surface area (Å²) in [7, 11) is 1.65. The number of nitrogens with two attached hydrogens (primary N) is 1. The molecule has 5 nitrogen and oxygen atoms in total. The average Bonchev–Trinajstić information content (AvgIpc) is 2.80. The van der Waals surface area contributed by atoms with Gasteiger partial charge in [0.25, 0.3) is 0 Å². The molecule has 21 heavy (non-hydrogen) atoms. The van der Waals surface area contributed by atoms with E-state index >= 15 is 0 Å². The third kappa shape index (κ3) is 3.67. The molecule has 0 saturated carbocycles. The van der Waals surface area contributed by atoms with E-state index in [1.807, 2.05) is 18.2 Å². The normalized spacial score (nSPS) is 17.6. The first kappa shape index (κ1) is 17.8. The molecule has 1 unspecified atom stereocenters. The van der Waals surface area contributed by atoms with Gasteiger partial charge in [-0.3, -0.25) is 9.59 Å². The van der Waals surface area contributed by atoms with Crippen molar-refractivity contribution in [1.29, 1.82) is 0 Å². The van der Waals surface area contributed by atoms with Gasteiger partial charge >= 0.3 is 0 Å². The topological polar surface area (TPSA) is 66.6 Å². The van der Waals surface area contributed by atoms with E-state index < -0.39 is 6.04 Å². The molecule has 1 aliphatic rings. The lowest BCUT2D eigenvalue weighted by Crippen LogP contribution is -2.43. The standard InChI is InChI=1S/C14H18ClN3O2.ClH/c1-17(13(19)6-8-16)12-7-9-18(14(12)20)11-5-3-2-4-10(11)15;/h2-5,12H,6-9,16H2,1H3;1H. The molecular formula is C14H19Cl2N3O2. The second-order valence-corrected chi connectivity index (χ2v) is 5.20. The van der Waals surface area contributed by atoms with Crippen LogP contribution >= 0.6 is 24.0 Å². The maximum atomic E-state index is 12.5. The zero-order chi connectivity index (χ0) is 14.7.